The molecule has 0 saturated heterocycles. The van der Waals surface area contributed by atoms with Gasteiger partial charge in [0.1, 0.15) is 54.2 Å². The summed E-state index contributed by atoms with van der Waals surface area (Å²) in [7, 11) is 0. The number of hydrogen-bond donors (Lipinski definition) is 0. The Morgan fingerprint density at radius 2 is 0.806 bits per heavy atom. The highest BCUT2D eigenvalue weighted by molar-refractivity contribution is 5.42. The first-order valence-corrected chi connectivity index (χ1v) is 12.0. The number of aromatic nitrogens is 9. The molecule has 0 saturated carbocycles. The van der Waals surface area contributed by atoms with Crippen molar-refractivity contribution in [2.75, 3.05) is 0 Å². The Morgan fingerprint density at radius 1 is 0.528 bits per heavy atom. The van der Waals surface area contributed by atoms with Gasteiger partial charge >= 0.3 is 0 Å². The highest BCUT2D eigenvalue weighted by Gasteiger charge is 2.11. The summed E-state index contributed by atoms with van der Waals surface area (Å²) < 4.78 is 23.4. The molecule has 4 rings (SSSR count). The van der Waals surface area contributed by atoms with Crippen LogP contribution in [0.2, 0.25) is 0 Å². The minimum atomic E-state index is 0.227. The molecule has 36 heavy (non-hydrogen) atoms. The first-order chi connectivity index (χ1) is 17.3. The van der Waals surface area contributed by atoms with Gasteiger partial charge in [-0.05, 0) is 41.5 Å². The van der Waals surface area contributed by atoms with E-state index in [1.54, 1.807) is 14.0 Å². The summed E-state index contributed by atoms with van der Waals surface area (Å²) in [5.74, 6) is 1.75. The van der Waals surface area contributed by atoms with Gasteiger partial charge in [-0.25, -0.2) is 14.0 Å². The van der Waals surface area contributed by atoms with Crippen LogP contribution in [-0.4, -0.2) is 45.0 Å². The van der Waals surface area contributed by atoms with Gasteiger partial charge in [0.25, 0.3) is 0 Å². The predicted octanol–water partition coefficient (Wildman–Crippen LogP) is 3.94. The first-order valence-electron chi connectivity index (χ1n) is 12.0. The van der Waals surface area contributed by atoms with Crippen LogP contribution >= 0.6 is 0 Å². The van der Waals surface area contributed by atoms with Gasteiger partial charge in [0, 0.05) is 36.3 Å². The van der Waals surface area contributed by atoms with E-state index in [-0.39, 0.29) is 37.9 Å². The Hall–Kier alpha value is -3.96. The quantitative estimate of drug-likeness (QED) is 0.288. The minimum absolute atomic E-state index is 0.227. The van der Waals surface area contributed by atoms with E-state index in [1.807, 2.05) is 78.3 Å². The first kappa shape index (κ1) is 25.1. The zero-order valence-electron chi connectivity index (χ0n) is 21.6. The standard InChI is InChI=1S/C24H33N9O3/c1-16(2)31-10-19(25-28-31)13-34-22-7-23(35-14-20-11-32(17(3)4)29-26-20)9-24(8-22)36-15-21-12-33(18(5)6)30-27-21/h7-12,16-18H,13-15H2,1-6H3. The zero-order valence-corrected chi connectivity index (χ0v) is 21.6. The summed E-state index contributed by atoms with van der Waals surface area (Å²) >= 11 is 0. The van der Waals surface area contributed by atoms with Crippen LogP contribution in [0.3, 0.4) is 0 Å². The Labute approximate surface area is 210 Å². The lowest BCUT2D eigenvalue weighted by Crippen LogP contribution is -2.02. The molecule has 12 heteroatoms. The smallest absolute Gasteiger partial charge is 0.134 e. The van der Waals surface area contributed by atoms with Gasteiger partial charge in [0.15, 0.2) is 0 Å². The van der Waals surface area contributed by atoms with E-state index in [9.17, 15) is 0 Å². The highest BCUT2D eigenvalue weighted by atomic mass is 16.5. The molecule has 1 aromatic carbocycles. The summed E-state index contributed by atoms with van der Waals surface area (Å²) in [6, 6.07) is 6.10. The van der Waals surface area contributed by atoms with E-state index in [0.717, 1.165) is 17.1 Å². The third-order valence-electron chi connectivity index (χ3n) is 5.27. The average Bonchev–Trinajstić information content (AvgIpc) is 3.61. The lowest BCUT2D eigenvalue weighted by molar-refractivity contribution is 0.270. The van der Waals surface area contributed by atoms with Crippen LogP contribution < -0.4 is 14.2 Å². The highest BCUT2D eigenvalue weighted by Crippen LogP contribution is 2.29. The van der Waals surface area contributed by atoms with Crippen LogP contribution in [0.1, 0.15) is 76.7 Å². The van der Waals surface area contributed by atoms with Crippen LogP contribution in [0.25, 0.3) is 0 Å². The molecular formula is C24H33N9O3. The molecule has 4 aromatic rings. The molecule has 0 fully saturated rings. The van der Waals surface area contributed by atoms with E-state index in [2.05, 4.69) is 30.9 Å². The lowest BCUT2D eigenvalue weighted by Gasteiger charge is -2.12. The number of benzene rings is 1. The molecular weight excluding hydrogens is 462 g/mol. The fourth-order valence-electron chi connectivity index (χ4n) is 3.16. The zero-order chi connectivity index (χ0) is 25.7. The normalized spacial score (nSPS) is 11.6. The van der Waals surface area contributed by atoms with E-state index < -0.39 is 0 Å². The van der Waals surface area contributed by atoms with Crippen LogP contribution in [-0.2, 0) is 19.8 Å². The van der Waals surface area contributed by atoms with Crippen molar-refractivity contribution in [3.63, 3.8) is 0 Å². The second-order valence-corrected chi connectivity index (χ2v) is 9.36. The van der Waals surface area contributed by atoms with Crippen LogP contribution in [0.4, 0.5) is 0 Å². The van der Waals surface area contributed by atoms with Crippen molar-refractivity contribution >= 4 is 0 Å². The summed E-state index contributed by atoms with van der Waals surface area (Å²) in [6.45, 7) is 13.1. The van der Waals surface area contributed by atoms with E-state index in [0.29, 0.717) is 17.2 Å². The molecule has 0 aliphatic rings. The van der Waals surface area contributed by atoms with Crippen LogP contribution in [0.5, 0.6) is 17.2 Å². The van der Waals surface area contributed by atoms with Crippen LogP contribution in [0.15, 0.2) is 36.8 Å². The van der Waals surface area contributed by atoms with Gasteiger partial charge in [-0.15, -0.1) is 15.3 Å². The topological polar surface area (TPSA) is 120 Å². The molecule has 0 spiro atoms. The summed E-state index contributed by atoms with van der Waals surface area (Å²) in [6.07, 6.45) is 5.62. The van der Waals surface area contributed by atoms with Gasteiger partial charge in [0.2, 0.25) is 0 Å². The fourth-order valence-corrected chi connectivity index (χ4v) is 3.16. The summed E-state index contributed by atoms with van der Waals surface area (Å²) in [5, 5.41) is 24.9. The maximum Gasteiger partial charge on any atom is 0.134 e. The van der Waals surface area contributed by atoms with Crippen molar-refractivity contribution in [2.45, 2.75) is 79.5 Å². The number of rotatable bonds is 12. The third kappa shape index (κ3) is 6.58. The van der Waals surface area contributed by atoms with Gasteiger partial charge in [-0.2, -0.15) is 0 Å². The molecule has 0 atom stereocenters. The largest absolute Gasteiger partial charge is 0.487 e. The number of hydrogen-bond acceptors (Lipinski definition) is 9. The van der Waals surface area contributed by atoms with E-state index in [1.165, 1.54) is 0 Å². The number of ether oxygens (including phenoxy) is 3. The minimum Gasteiger partial charge on any atom is -0.487 e. The van der Waals surface area contributed by atoms with Crippen molar-refractivity contribution < 1.29 is 14.2 Å². The molecule has 0 amide bonds. The van der Waals surface area contributed by atoms with Crippen molar-refractivity contribution in [1.82, 2.24) is 45.0 Å². The Kier molecular flexibility index (Phi) is 7.81. The number of nitrogens with zero attached hydrogens (tertiary/aromatic N) is 9. The molecule has 0 N–H and O–H groups in total. The Balaban J connectivity index is 1.47. The lowest BCUT2D eigenvalue weighted by atomic mass is 10.3. The second-order valence-electron chi connectivity index (χ2n) is 9.36. The monoisotopic (exact) mass is 495 g/mol. The molecule has 3 aromatic heterocycles. The molecule has 0 aliphatic carbocycles. The maximum atomic E-state index is 6.00. The SMILES string of the molecule is CC(C)n1cc(COc2cc(OCc3cn(C(C)C)nn3)cc(OCc3cn(C(C)C)nn3)c2)nn1. The maximum absolute atomic E-state index is 6.00. The van der Waals surface area contributed by atoms with E-state index >= 15 is 0 Å². The Morgan fingerprint density at radius 3 is 1.03 bits per heavy atom. The molecule has 12 nitrogen and oxygen atoms in total. The van der Waals surface area contributed by atoms with Crippen molar-refractivity contribution in [3.05, 3.63) is 53.9 Å². The Bertz CT molecular complexity index is 1090. The molecule has 3 heterocycles. The molecule has 192 valence electrons. The van der Waals surface area contributed by atoms with Crippen molar-refractivity contribution in [1.29, 1.82) is 0 Å². The molecule has 0 aliphatic heterocycles. The molecule has 0 unspecified atom stereocenters. The summed E-state index contributed by atoms with van der Waals surface area (Å²) in [5.41, 5.74) is 2.19. The van der Waals surface area contributed by atoms with E-state index in [4.69, 9.17) is 14.2 Å². The average molecular weight is 496 g/mol. The van der Waals surface area contributed by atoms with Gasteiger partial charge in [-0.3, -0.25) is 0 Å². The van der Waals surface area contributed by atoms with Gasteiger partial charge in [0.05, 0.1) is 18.6 Å². The predicted molar refractivity (Wildman–Crippen MR) is 131 cm³/mol. The third-order valence-corrected chi connectivity index (χ3v) is 5.27. The summed E-state index contributed by atoms with van der Waals surface area (Å²) in [4.78, 5) is 0. The van der Waals surface area contributed by atoms with Gasteiger partial charge in [-0.1, -0.05) is 15.6 Å². The van der Waals surface area contributed by atoms with Crippen LogP contribution in [0, 0.1) is 0 Å². The second kappa shape index (κ2) is 11.2. The molecule has 0 radical (unpaired) electrons. The van der Waals surface area contributed by atoms with Crippen molar-refractivity contribution in [2.24, 2.45) is 0 Å². The van der Waals surface area contributed by atoms with Gasteiger partial charge < -0.3 is 14.2 Å². The molecule has 0 bridgehead atoms. The fraction of sp³-hybridized carbons (Fsp3) is 0.500. The van der Waals surface area contributed by atoms with Crippen molar-refractivity contribution in [3.8, 4) is 17.2 Å².